The molecule has 1 aliphatic rings. The van der Waals surface area contributed by atoms with Crippen LogP contribution in [0.3, 0.4) is 0 Å². The molecule has 1 saturated carbocycles. The van der Waals surface area contributed by atoms with E-state index in [0.29, 0.717) is 0 Å². The van der Waals surface area contributed by atoms with Crippen molar-refractivity contribution in [2.45, 2.75) is 43.0 Å². The number of nitrogens with one attached hydrogen (secondary N) is 1. The number of rotatable bonds is 3. The highest BCUT2D eigenvalue weighted by Crippen LogP contribution is 2.33. The smallest absolute Gasteiger partial charge is 0.334 e. The van der Waals surface area contributed by atoms with Crippen LogP contribution in [-0.2, 0) is 10.8 Å². The average molecular weight is 395 g/mol. The summed E-state index contributed by atoms with van der Waals surface area (Å²) in [4.78, 5) is 22.0. The fraction of sp³-hybridized carbons (Fsp3) is 0.333. The summed E-state index contributed by atoms with van der Waals surface area (Å²) in [7, 11) is -1.05. The Balaban J connectivity index is 1.81. The van der Waals surface area contributed by atoms with Crippen LogP contribution in [0.25, 0.3) is 27.8 Å². The SMILES string of the molecule is CS(=O)c1ccc(-n2c(=O)n(C3CCCCC3)c3c4cc[nH]c4ncc32)cc1. The third-order valence-electron chi connectivity index (χ3n) is 5.78. The number of hydrogen-bond acceptors (Lipinski definition) is 3. The molecule has 5 rings (SSSR count). The van der Waals surface area contributed by atoms with Gasteiger partial charge in [-0.15, -0.1) is 0 Å². The maximum Gasteiger partial charge on any atom is 0.334 e. The molecule has 28 heavy (non-hydrogen) atoms. The minimum absolute atomic E-state index is 0.0252. The van der Waals surface area contributed by atoms with Crippen LogP contribution in [0, 0.1) is 0 Å². The van der Waals surface area contributed by atoms with Crippen LogP contribution < -0.4 is 5.69 Å². The largest absolute Gasteiger partial charge is 0.346 e. The van der Waals surface area contributed by atoms with E-state index in [2.05, 4.69) is 9.97 Å². The second-order valence-corrected chi connectivity index (χ2v) is 8.84. The Bertz CT molecular complexity index is 1240. The van der Waals surface area contributed by atoms with E-state index in [0.717, 1.165) is 58.3 Å². The number of H-pyrrole nitrogens is 1. The van der Waals surface area contributed by atoms with Gasteiger partial charge in [0.15, 0.2) is 0 Å². The lowest BCUT2D eigenvalue weighted by molar-refractivity contribution is 0.352. The Kier molecular flexibility index (Phi) is 4.19. The van der Waals surface area contributed by atoms with E-state index in [9.17, 15) is 9.00 Å². The van der Waals surface area contributed by atoms with Crippen LogP contribution in [0.1, 0.15) is 38.1 Å². The molecular weight excluding hydrogens is 372 g/mol. The van der Waals surface area contributed by atoms with Crippen molar-refractivity contribution in [3.63, 3.8) is 0 Å². The number of nitrogens with zero attached hydrogens (tertiary/aromatic N) is 3. The van der Waals surface area contributed by atoms with Crippen LogP contribution >= 0.6 is 0 Å². The van der Waals surface area contributed by atoms with Gasteiger partial charge in [0.05, 0.1) is 22.9 Å². The van der Waals surface area contributed by atoms with Crippen molar-refractivity contribution in [1.29, 1.82) is 0 Å². The molecule has 1 aliphatic carbocycles. The van der Waals surface area contributed by atoms with Crippen LogP contribution in [0.15, 0.2) is 52.4 Å². The zero-order valence-corrected chi connectivity index (χ0v) is 16.5. The highest BCUT2D eigenvalue weighted by molar-refractivity contribution is 7.84. The van der Waals surface area contributed by atoms with E-state index in [1.807, 2.05) is 41.1 Å². The van der Waals surface area contributed by atoms with Gasteiger partial charge in [0.2, 0.25) is 0 Å². The van der Waals surface area contributed by atoms with Gasteiger partial charge in [-0.05, 0) is 43.2 Å². The highest BCUT2D eigenvalue weighted by Gasteiger charge is 2.25. The van der Waals surface area contributed by atoms with Crippen LogP contribution in [-0.4, -0.2) is 29.6 Å². The Labute approximate surface area is 164 Å². The van der Waals surface area contributed by atoms with E-state index >= 15 is 0 Å². The van der Waals surface area contributed by atoms with Gasteiger partial charge in [-0.1, -0.05) is 19.3 Å². The Hall–Kier alpha value is -2.67. The molecule has 1 aromatic carbocycles. The third kappa shape index (κ3) is 2.64. The molecule has 1 unspecified atom stereocenters. The van der Waals surface area contributed by atoms with E-state index in [1.54, 1.807) is 17.0 Å². The van der Waals surface area contributed by atoms with E-state index in [1.165, 1.54) is 6.42 Å². The molecule has 7 heteroatoms. The van der Waals surface area contributed by atoms with E-state index < -0.39 is 10.8 Å². The lowest BCUT2D eigenvalue weighted by Gasteiger charge is -2.23. The van der Waals surface area contributed by atoms with Crippen LogP contribution in [0.5, 0.6) is 0 Å². The Morgan fingerprint density at radius 3 is 2.57 bits per heavy atom. The van der Waals surface area contributed by atoms with Crippen molar-refractivity contribution in [3.8, 4) is 5.69 Å². The van der Waals surface area contributed by atoms with Crippen LogP contribution in [0.2, 0.25) is 0 Å². The maximum atomic E-state index is 13.6. The number of pyridine rings is 1. The van der Waals surface area contributed by atoms with Gasteiger partial charge in [0.25, 0.3) is 0 Å². The lowest BCUT2D eigenvalue weighted by Crippen LogP contribution is -2.28. The van der Waals surface area contributed by atoms with Gasteiger partial charge in [-0.3, -0.25) is 13.3 Å². The fourth-order valence-electron chi connectivity index (χ4n) is 4.42. The summed E-state index contributed by atoms with van der Waals surface area (Å²) in [6.07, 6.45) is 10.9. The summed E-state index contributed by atoms with van der Waals surface area (Å²) >= 11 is 0. The molecule has 1 atom stereocenters. The average Bonchev–Trinajstić information content (AvgIpc) is 3.30. The molecule has 0 saturated heterocycles. The number of aromatic amines is 1. The molecule has 0 radical (unpaired) electrons. The van der Waals surface area contributed by atoms with E-state index in [4.69, 9.17) is 0 Å². The number of benzene rings is 1. The molecule has 1 N–H and O–H groups in total. The topological polar surface area (TPSA) is 72.7 Å². The molecule has 3 aromatic heterocycles. The monoisotopic (exact) mass is 394 g/mol. The molecule has 1 fully saturated rings. The second-order valence-electron chi connectivity index (χ2n) is 7.46. The Morgan fingerprint density at radius 1 is 1.11 bits per heavy atom. The molecule has 0 bridgehead atoms. The first-order valence-corrected chi connectivity index (χ1v) is 11.2. The quantitative estimate of drug-likeness (QED) is 0.573. The standard InChI is InChI=1S/C21H22N4O2S/c1-28(27)16-9-7-15(8-10-16)24-18-13-23-20-17(11-12-22-20)19(18)25(21(24)26)14-5-3-2-4-6-14/h7-14H,2-6H2,1H3,(H,22,23). The summed E-state index contributed by atoms with van der Waals surface area (Å²) in [6, 6.07) is 9.59. The first kappa shape index (κ1) is 17.4. The minimum atomic E-state index is -1.05. The second kappa shape index (κ2) is 6.74. The first-order valence-electron chi connectivity index (χ1n) is 9.68. The normalized spacial score (nSPS) is 16.8. The van der Waals surface area contributed by atoms with Crippen LogP contribution in [0.4, 0.5) is 0 Å². The highest BCUT2D eigenvalue weighted by atomic mass is 32.2. The number of hydrogen-bond donors (Lipinski definition) is 1. The number of aromatic nitrogens is 4. The Morgan fingerprint density at radius 2 is 1.86 bits per heavy atom. The minimum Gasteiger partial charge on any atom is -0.346 e. The molecule has 3 heterocycles. The van der Waals surface area contributed by atoms with Crippen molar-refractivity contribution in [2.75, 3.05) is 6.26 Å². The maximum absolute atomic E-state index is 13.6. The van der Waals surface area contributed by atoms with Gasteiger partial charge >= 0.3 is 5.69 Å². The lowest BCUT2D eigenvalue weighted by atomic mass is 9.95. The van der Waals surface area contributed by atoms with Crippen molar-refractivity contribution in [1.82, 2.24) is 19.1 Å². The van der Waals surface area contributed by atoms with Crippen molar-refractivity contribution in [2.24, 2.45) is 0 Å². The summed E-state index contributed by atoms with van der Waals surface area (Å²) in [5.41, 5.74) is 3.31. The van der Waals surface area contributed by atoms with Crippen molar-refractivity contribution in [3.05, 3.63) is 53.2 Å². The van der Waals surface area contributed by atoms with Gasteiger partial charge in [0, 0.05) is 39.6 Å². The molecule has 0 amide bonds. The molecule has 144 valence electrons. The van der Waals surface area contributed by atoms with Gasteiger partial charge in [-0.25, -0.2) is 9.78 Å². The van der Waals surface area contributed by atoms with Gasteiger partial charge < -0.3 is 4.98 Å². The fourth-order valence-corrected chi connectivity index (χ4v) is 4.94. The zero-order valence-electron chi connectivity index (χ0n) is 15.7. The first-order chi connectivity index (χ1) is 13.6. The van der Waals surface area contributed by atoms with Crippen molar-refractivity contribution >= 4 is 32.9 Å². The summed E-state index contributed by atoms with van der Waals surface area (Å²) in [6.45, 7) is 0. The third-order valence-corrected chi connectivity index (χ3v) is 6.72. The molecule has 4 aromatic rings. The van der Waals surface area contributed by atoms with Gasteiger partial charge in [0.1, 0.15) is 5.65 Å². The summed E-state index contributed by atoms with van der Waals surface area (Å²) in [5.74, 6) is 0. The van der Waals surface area contributed by atoms with Crippen molar-refractivity contribution < 1.29 is 4.21 Å². The number of imidazole rings is 1. The van der Waals surface area contributed by atoms with E-state index in [-0.39, 0.29) is 11.7 Å². The molecule has 0 aliphatic heterocycles. The summed E-state index contributed by atoms with van der Waals surface area (Å²) < 4.78 is 15.5. The zero-order chi connectivity index (χ0) is 19.3. The predicted octanol–water partition coefficient (Wildman–Crippen LogP) is 3.91. The number of fused-ring (bicyclic) bond motifs is 3. The molecule has 6 nitrogen and oxygen atoms in total. The molecular formula is C21H22N4O2S. The summed E-state index contributed by atoms with van der Waals surface area (Å²) in [5, 5.41) is 0.977. The van der Waals surface area contributed by atoms with Gasteiger partial charge in [-0.2, -0.15) is 0 Å². The predicted molar refractivity (Wildman–Crippen MR) is 112 cm³/mol. The molecule has 0 spiro atoms.